The summed E-state index contributed by atoms with van der Waals surface area (Å²) < 4.78 is 22.9. The molecule has 0 aromatic heterocycles. The van der Waals surface area contributed by atoms with Crippen LogP contribution in [-0.4, -0.2) is 52.7 Å². The number of benzene rings is 1. The number of nitrogens with zero attached hydrogens (tertiary/aromatic N) is 1. The van der Waals surface area contributed by atoms with Gasteiger partial charge in [0.2, 0.25) is 5.91 Å². The van der Waals surface area contributed by atoms with Gasteiger partial charge in [0, 0.05) is 38.4 Å². The molecule has 0 fully saturated rings. The summed E-state index contributed by atoms with van der Waals surface area (Å²) in [6, 6.07) is 6.87. The van der Waals surface area contributed by atoms with Gasteiger partial charge in [-0.25, -0.2) is 8.42 Å². The summed E-state index contributed by atoms with van der Waals surface area (Å²) in [5.74, 6) is 0.705. The lowest BCUT2D eigenvalue weighted by Gasteiger charge is -2.12. The number of carbonyl (C=O) groups excluding carboxylic acids is 1. The fourth-order valence-electron chi connectivity index (χ4n) is 2.11. The van der Waals surface area contributed by atoms with E-state index in [1.165, 1.54) is 6.26 Å². The van der Waals surface area contributed by atoms with Crippen LogP contribution in [0.25, 0.3) is 0 Å². The van der Waals surface area contributed by atoms with Crippen molar-refractivity contribution in [2.24, 2.45) is 10.9 Å². The first-order valence-electron chi connectivity index (χ1n) is 8.83. The zero-order valence-corrected chi connectivity index (χ0v) is 19.6. The molecule has 0 aliphatic heterocycles. The van der Waals surface area contributed by atoms with Gasteiger partial charge in [-0.2, -0.15) is 0 Å². The Hall–Kier alpha value is -1.36. The second-order valence-corrected chi connectivity index (χ2v) is 8.32. The van der Waals surface area contributed by atoms with Crippen molar-refractivity contribution >= 4 is 45.7 Å². The molecule has 0 atom stereocenters. The van der Waals surface area contributed by atoms with Gasteiger partial charge in [-0.05, 0) is 31.0 Å². The molecule has 1 rings (SSSR count). The average molecular weight is 510 g/mol. The Morgan fingerprint density at radius 1 is 1.07 bits per heavy atom. The zero-order valence-electron chi connectivity index (χ0n) is 16.4. The van der Waals surface area contributed by atoms with Crippen molar-refractivity contribution in [2.45, 2.75) is 32.1 Å². The van der Waals surface area contributed by atoms with Gasteiger partial charge in [0.05, 0.1) is 4.90 Å². The lowest BCUT2D eigenvalue weighted by Crippen LogP contribution is -2.42. The number of amides is 1. The van der Waals surface area contributed by atoms with Crippen molar-refractivity contribution in [2.75, 3.05) is 32.4 Å². The highest BCUT2D eigenvalue weighted by atomic mass is 127. The van der Waals surface area contributed by atoms with E-state index in [1.54, 1.807) is 12.1 Å². The van der Waals surface area contributed by atoms with Crippen LogP contribution in [0.15, 0.2) is 34.2 Å². The Labute approximate surface area is 179 Å². The van der Waals surface area contributed by atoms with Crippen LogP contribution in [0.3, 0.4) is 0 Å². The number of hydrogen-bond acceptors (Lipinski definition) is 4. The minimum atomic E-state index is -3.16. The summed E-state index contributed by atoms with van der Waals surface area (Å²) in [5, 5.41) is 9.18. The quantitative estimate of drug-likeness (QED) is 0.203. The Kier molecular flexibility index (Phi) is 12.3. The van der Waals surface area contributed by atoms with Crippen LogP contribution in [-0.2, 0) is 21.1 Å². The van der Waals surface area contributed by atoms with Gasteiger partial charge in [-0.1, -0.05) is 26.0 Å². The van der Waals surface area contributed by atoms with Crippen LogP contribution in [0.5, 0.6) is 0 Å². The monoisotopic (exact) mass is 510 g/mol. The number of rotatable bonds is 9. The van der Waals surface area contributed by atoms with E-state index in [-0.39, 0.29) is 35.8 Å². The van der Waals surface area contributed by atoms with Crippen molar-refractivity contribution in [1.82, 2.24) is 16.0 Å². The number of halogens is 1. The van der Waals surface area contributed by atoms with Crippen molar-refractivity contribution in [1.29, 1.82) is 0 Å². The van der Waals surface area contributed by atoms with E-state index in [2.05, 4.69) is 20.9 Å². The lowest BCUT2D eigenvalue weighted by atomic mass is 10.1. The molecule has 154 valence electrons. The number of hydrogen-bond donors (Lipinski definition) is 3. The van der Waals surface area contributed by atoms with E-state index < -0.39 is 9.84 Å². The third kappa shape index (κ3) is 10.5. The van der Waals surface area contributed by atoms with E-state index in [0.29, 0.717) is 36.9 Å². The number of nitrogens with one attached hydrogen (secondary N) is 3. The molecule has 3 N–H and O–H groups in total. The van der Waals surface area contributed by atoms with Crippen LogP contribution in [0.4, 0.5) is 0 Å². The SMILES string of the molecule is CCNC(=NCCc1ccc(S(C)(=O)=O)cc1)NCCNC(=O)C(C)C.I. The van der Waals surface area contributed by atoms with Crippen molar-refractivity contribution in [3.8, 4) is 0 Å². The second kappa shape index (κ2) is 12.9. The van der Waals surface area contributed by atoms with E-state index >= 15 is 0 Å². The zero-order chi connectivity index (χ0) is 19.6. The minimum absolute atomic E-state index is 0. The molecule has 0 saturated heterocycles. The fraction of sp³-hybridized carbons (Fsp3) is 0.556. The standard InChI is InChI=1S/C18H30N4O3S.HI/c1-5-19-18(22-13-12-20-17(23)14(2)3)21-11-10-15-6-8-16(9-7-15)26(4,24)25;/h6-9,14H,5,10-13H2,1-4H3,(H,20,23)(H2,19,21,22);1H. The molecule has 0 radical (unpaired) electrons. The van der Waals surface area contributed by atoms with Gasteiger partial charge in [-0.15, -0.1) is 24.0 Å². The van der Waals surface area contributed by atoms with E-state index in [1.807, 2.05) is 32.9 Å². The van der Waals surface area contributed by atoms with Gasteiger partial charge < -0.3 is 16.0 Å². The highest BCUT2D eigenvalue weighted by molar-refractivity contribution is 14.0. The van der Waals surface area contributed by atoms with Crippen LogP contribution < -0.4 is 16.0 Å². The number of sulfone groups is 1. The molecule has 0 saturated carbocycles. The normalized spacial score (nSPS) is 11.7. The highest BCUT2D eigenvalue weighted by Gasteiger charge is 2.06. The maximum absolute atomic E-state index is 11.5. The molecule has 0 unspecified atom stereocenters. The molecule has 0 spiro atoms. The summed E-state index contributed by atoms with van der Waals surface area (Å²) in [4.78, 5) is 16.3. The maximum Gasteiger partial charge on any atom is 0.222 e. The molecule has 27 heavy (non-hydrogen) atoms. The predicted octanol–water partition coefficient (Wildman–Crippen LogP) is 1.58. The number of carbonyl (C=O) groups is 1. The van der Waals surface area contributed by atoms with Crippen molar-refractivity contribution in [3.05, 3.63) is 29.8 Å². The predicted molar refractivity (Wildman–Crippen MR) is 120 cm³/mol. The molecule has 0 aliphatic rings. The average Bonchev–Trinajstić information content (AvgIpc) is 2.58. The topological polar surface area (TPSA) is 99.7 Å². The largest absolute Gasteiger partial charge is 0.357 e. The van der Waals surface area contributed by atoms with Crippen LogP contribution in [0.2, 0.25) is 0 Å². The number of aliphatic imine (C=N–C) groups is 1. The van der Waals surface area contributed by atoms with Crippen LogP contribution >= 0.6 is 24.0 Å². The first-order chi connectivity index (χ1) is 12.2. The van der Waals surface area contributed by atoms with Crippen molar-refractivity contribution in [3.63, 3.8) is 0 Å². The van der Waals surface area contributed by atoms with Gasteiger partial charge in [0.25, 0.3) is 0 Å². The highest BCUT2D eigenvalue weighted by Crippen LogP contribution is 2.10. The van der Waals surface area contributed by atoms with Crippen molar-refractivity contribution < 1.29 is 13.2 Å². The fourth-order valence-corrected chi connectivity index (χ4v) is 2.74. The smallest absolute Gasteiger partial charge is 0.222 e. The van der Waals surface area contributed by atoms with Crippen LogP contribution in [0.1, 0.15) is 26.3 Å². The Balaban J connectivity index is 0.00000676. The first-order valence-corrected chi connectivity index (χ1v) is 10.7. The molecular formula is C18H31IN4O3S. The van der Waals surface area contributed by atoms with Gasteiger partial charge in [0.15, 0.2) is 15.8 Å². The Bertz CT molecular complexity index is 704. The summed E-state index contributed by atoms with van der Waals surface area (Å²) in [6.45, 7) is 8.15. The molecule has 7 nitrogen and oxygen atoms in total. The minimum Gasteiger partial charge on any atom is -0.357 e. The molecular weight excluding hydrogens is 479 g/mol. The third-order valence-electron chi connectivity index (χ3n) is 3.61. The Morgan fingerprint density at radius 3 is 2.19 bits per heavy atom. The first kappa shape index (κ1) is 25.6. The van der Waals surface area contributed by atoms with Gasteiger partial charge in [-0.3, -0.25) is 9.79 Å². The molecule has 9 heteroatoms. The van der Waals surface area contributed by atoms with E-state index in [4.69, 9.17) is 0 Å². The van der Waals surface area contributed by atoms with E-state index in [0.717, 1.165) is 12.1 Å². The van der Waals surface area contributed by atoms with E-state index in [9.17, 15) is 13.2 Å². The summed E-state index contributed by atoms with van der Waals surface area (Å²) in [7, 11) is -3.16. The molecule has 1 aromatic rings. The molecule has 0 heterocycles. The Morgan fingerprint density at radius 2 is 1.67 bits per heavy atom. The third-order valence-corrected chi connectivity index (χ3v) is 4.74. The maximum atomic E-state index is 11.5. The molecule has 1 aromatic carbocycles. The summed E-state index contributed by atoms with van der Waals surface area (Å²) >= 11 is 0. The summed E-state index contributed by atoms with van der Waals surface area (Å²) in [6.07, 6.45) is 1.91. The van der Waals surface area contributed by atoms with Gasteiger partial charge >= 0.3 is 0 Å². The lowest BCUT2D eigenvalue weighted by molar-refractivity contribution is -0.123. The van der Waals surface area contributed by atoms with Crippen LogP contribution in [0, 0.1) is 5.92 Å². The second-order valence-electron chi connectivity index (χ2n) is 6.30. The summed E-state index contributed by atoms with van der Waals surface area (Å²) in [5.41, 5.74) is 1.03. The molecule has 1 amide bonds. The molecule has 0 bridgehead atoms. The number of guanidine groups is 1. The van der Waals surface area contributed by atoms with Gasteiger partial charge in [0.1, 0.15) is 0 Å². The molecule has 0 aliphatic carbocycles.